The Labute approximate surface area is 168 Å². The molecule has 2 aromatic carbocycles. The molecule has 0 unspecified atom stereocenters. The smallest absolute Gasteiger partial charge is 0.274 e. The largest absolute Gasteiger partial charge is 0.372 e. The number of carbonyl (C=O) groups excluding carboxylic acids is 1. The topological polar surface area (TPSA) is 70.2 Å². The van der Waals surface area contributed by atoms with E-state index in [1.807, 2.05) is 12.1 Å². The average molecular weight is 391 g/mol. The number of amides is 1. The molecule has 0 aliphatic carbocycles. The normalized spacial score (nSPS) is 13.8. The molecule has 1 aliphatic rings. The second-order valence-corrected chi connectivity index (χ2v) is 6.97. The highest BCUT2D eigenvalue weighted by molar-refractivity contribution is 6.03. The molecule has 2 heterocycles. The van der Waals surface area contributed by atoms with Gasteiger partial charge in [-0.15, -0.1) is 0 Å². The zero-order chi connectivity index (χ0) is 20.1. The van der Waals surface area contributed by atoms with Crippen LogP contribution in [0.5, 0.6) is 0 Å². The van der Waals surface area contributed by atoms with E-state index < -0.39 is 11.7 Å². The van der Waals surface area contributed by atoms with Gasteiger partial charge in [-0.3, -0.25) is 4.79 Å². The predicted molar refractivity (Wildman–Crippen MR) is 112 cm³/mol. The standard InChI is InChI=1S/C22H22FN5O/c23-16-5-4-6-18(13-16)27-22(29)20-14-21(25-15-24-20)26-17-7-9-19(10-8-17)28-11-2-1-3-12-28/h4-10,13-15H,1-3,11-12H2,(H,27,29)(H,24,25,26). The van der Waals surface area contributed by atoms with Gasteiger partial charge in [0, 0.05) is 36.2 Å². The third kappa shape index (κ3) is 4.87. The van der Waals surface area contributed by atoms with Gasteiger partial charge in [-0.25, -0.2) is 14.4 Å². The number of carbonyl (C=O) groups is 1. The van der Waals surface area contributed by atoms with Gasteiger partial charge in [-0.1, -0.05) is 6.07 Å². The number of rotatable bonds is 5. The van der Waals surface area contributed by atoms with E-state index in [4.69, 9.17) is 0 Å². The minimum atomic E-state index is -0.429. The molecule has 1 fully saturated rings. The third-order valence-electron chi connectivity index (χ3n) is 4.84. The highest BCUT2D eigenvalue weighted by atomic mass is 19.1. The van der Waals surface area contributed by atoms with Crippen molar-refractivity contribution >= 4 is 28.8 Å². The lowest BCUT2D eigenvalue weighted by atomic mass is 10.1. The Morgan fingerprint density at radius 3 is 2.48 bits per heavy atom. The highest BCUT2D eigenvalue weighted by Crippen LogP contribution is 2.23. The van der Waals surface area contributed by atoms with Gasteiger partial charge in [0.05, 0.1) is 0 Å². The van der Waals surface area contributed by atoms with Crippen LogP contribution in [0.25, 0.3) is 0 Å². The Bertz CT molecular complexity index is 987. The number of aromatic nitrogens is 2. The summed E-state index contributed by atoms with van der Waals surface area (Å²) in [6, 6.07) is 15.5. The first-order valence-electron chi connectivity index (χ1n) is 9.68. The average Bonchev–Trinajstić information content (AvgIpc) is 2.75. The summed E-state index contributed by atoms with van der Waals surface area (Å²) in [4.78, 5) is 23.0. The van der Waals surface area contributed by atoms with E-state index in [0.29, 0.717) is 11.5 Å². The number of benzene rings is 2. The molecule has 148 valence electrons. The van der Waals surface area contributed by atoms with Crippen molar-refractivity contribution in [2.24, 2.45) is 0 Å². The molecule has 1 saturated heterocycles. The number of nitrogens with one attached hydrogen (secondary N) is 2. The van der Waals surface area contributed by atoms with Crippen molar-refractivity contribution in [2.45, 2.75) is 19.3 Å². The molecule has 7 heteroatoms. The molecule has 6 nitrogen and oxygen atoms in total. The Kier molecular flexibility index (Phi) is 5.65. The number of hydrogen-bond acceptors (Lipinski definition) is 5. The number of anilines is 4. The van der Waals surface area contributed by atoms with Crippen LogP contribution in [-0.4, -0.2) is 29.0 Å². The molecule has 0 atom stereocenters. The fraction of sp³-hybridized carbons (Fsp3) is 0.227. The van der Waals surface area contributed by atoms with Crippen LogP contribution in [0.15, 0.2) is 60.9 Å². The lowest BCUT2D eigenvalue weighted by molar-refractivity contribution is 0.102. The molecule has 0 radical (unpaired) electrons. The van der Waals surface area contributed by atoms with Crippen molar-refractivity contribution < 1.29 is 9.18 Å². The molecule has 29 heavy (non-hydrogen) atoms. The van der Waals surface area contributed by atoms with Gasteiger partial charge in [0.2, 0.25) is 0 Å². The molecule has 1 aliphatic heterocycles. The lowest BCUT2D eigenvalue weighted by Crippen LogP contribution is -2.29. The summed E-state index contributed by atoms with van der Waals surface area (Å²) >= 11 is 0. The van der Waals surface area contributed by atoms with E-state index in [1.54, 1.807) is 12.1 Å². The summed E-state index contributed by atoms with van der Waals surface area (Å²) in [5.41, 5.74) is 2.65. The van der Waals surface area contributed by atoms with Crippen LogP contribution >= 0.6 is 0 Å². The molecule has 4 rings (SSSR count). The SMILES string of the molecule is O=C(Nc1cccc(F)c1)c1cc(Nc2ccc(N3CCCCC3)cc2)ncn1. The van der Waals surface area contributed by atoms with Crippen LogP contribution in [0, 0.1) is 5.82 Å². The number of halogens is 1. The molecule has 0 bridgehead atoms. The fourth-order valence-electron chi connectivity index (χ4n) is 3.37. The first kappa shape index (κ1) is 18.9. The van der Waals surface area contributed by atoms with Crippen LogP contribution in [0.4, 0.5) is 27.3 Å². The summed E-state index contributed by atoms with van der Waals surface area (Å²) in [6.07, 6.45) is 5.10. The van der Waals surface area contributed by atoms with E-state index in [2.05, 4.69) is 37.6 Å². The van der Waals surface area contributed by atoms with Crippen molar-refractivity contribution in [3.05, 3.63) is 72.4 Å². The first-order valence-corrected chi connectivity index (χ1v) is 9.68. The Hall–Kier alpha value is -3.48. The zero-order valence-corrected chi connectivity index (χ0v) is 15.9. The molecular weight excluding hydrogens is 369 g/mol. The van der Waals surface area contributed by atoms with Crippen molar-refractivity contribution in [3.8, 4) is 0 Å². The van der Waals surface area contributed by atoms with Crippen LogP contribution < -0.4 is 15.5 Å². The van der Waals surface area contributed by atoms with Crippen LogP contribution in [-0.2, 0) is 0 Å². The van der Waals surface area contributed by atoms with Gasteiger partial charge in [0.25, 0.3) is 5.91 Å². The highest BCUT2D eigenvalue weighted by Gasteiger charge is 2.12. The van der Waals surface area contributed by atoms with Crippen molar-refractivity contribution in [3.63, 3.8) is 0 Å². The van der Waals surface area contributed by atoms with E-state index in [-0.39, 0.29) is 5.69 Å². The number of nitrogens with zero attached hydrogens (tertiary/aromatic N) is 3. The minimum Gasteiger partial charge on any atom is -0.372 e. The van der Waals surface area contributed by atoms with Gasteiger partial charge in [-0.05, 0) is 61.7 Å². The second kappa shape index (κ2) is 8.68. The van der Waals surface area contributed by atoms with Gasteiger partial charge in [-0.2, -0.15) is 0 Å². The summed E-state index contributed by atoms with van der Waals surface area (Å²) < 4.78 is 13.3. The molecule has 0 spiro atoms. The monoisotopic (exact) mass is 391 g/mol. The summed E-state index contributed by atoms with van der Waals surface area (Å²) in [5, 5.41) is 5.82. The molecule has 3 aromatic rings. The molecule has 1 amide bonds. The van der Waals surface area contributed by atoms with Crippen molar-refractivity contribution in [2.75, 3.05) is 28.6 Å². The maximum atomic E-state index is 13.3. The quantitative estimate of drug-likeness (QED) is 0.665. The maximum absolute atomic E-state index is 13.3. The van der Waals surface area contributed by atoms with Gasteiger partial charge < -0.3 is 15.5 Å². The van der Waals surface area contributed by atoms with E-state index in [1.165, 1.54) is 49.5 Å². The Morgan fingerprint density at radius 2 is 1.72 bits per heavy atom. The zero-order valence-electron chi connectivity index (χ0n) is 15.9. The molecule has 2 N–H and O–H groups in total. The third-order valence-corrected chi connectivity index (χ3v) is 4.84. The summed E-state index contributed by atoms with van der Waals surface area (Å²) in [7, 11) is 0. The lowest BCUT2D eigenvalue weighted by Gasteiger charge is -2.28. The minimum absolute atomic E-state index is 0.191. The van der Waals surface area contributed by atoms with Crippen LogP contribution in [0.1, 0.15) is 29.8 Å². The van der Waals surface area contributed by atoms with Crippen LogP contribution in [0.2, 0.25) is 0 Å². The van der Waals surface area contributed by atoms with E-state index >= 15 is 0 Å². The number of hydrogen-bond donors (Lipinski definition) is 2. The van der Waals surface area contributed by atoms with Gasteiger partial charge in [0.1, 0.15) is 23.7 Å². The van der Waals surface area contributed by atoms with Gasteiger partial charge >= 0.3 is 0 Å². The molecule has 0 saturated carbocycles. The van der Waals surface area contributed by atoms with Crippen molar-refractivity contribution in [1.29, 1.82) is 0 Å². The van der Waals surface area contributed by atoms with Crippen molar-refractivity contribution in [1.82, 2.24) is 9.97 Å². The Morgan fingerprint density at radius 1 is 0.931 bits per heavy atom. The summed E-state index contributed by atoms with van der Waals surface area (Å²) in [5.74, 6) is -0.336. The maximum Gasteiger partial charge on any atom is 0.274 e. The molecule has 1 aromatic heterocycles. The summed E-state index contributed by atoms with van der Waals surface area (Å²) in [6.45, 7) is 2.20. The van der Waals surface area contributed by atoms with E-state index in [0.717, 1.165) is 18.8 Å². The number of piperidine rings is 1. The second-order valence-electron chi connectivity index (χ2n) is 6.97. The first-order chi connectivity index (χ1) is 14.2. The van der Waals surface area contributed by atoms with Gasteiger partial charge in [0.15, 0.2) is 0 Å². The fourth-order valence-corrected chi connectivity index (χ4v) is 3.37. The molecular formula is C22H22FN5O. The van der Waals surface area contributed by atoms with E-state index in [9.17, 15) is 9.18 Å². The predicted octanol–water partition coefficient (Wildman–Crippen LogP) is 4.60. The van der Waals surface area contributed by atoms with Crippen LogP contribution in [0.3, 0.4) is 0 Å². The Balaban J connectivity index is 1.42.